The average molecular weight is 531 g/mol. The lowest BCUT2D eigenvalue weighted by molar-refractivity contribution is 0.154. The molecule has 4 rings (SSSR count). The number of amides is 2. The van der Waals surface area contributed by atoms with Crippen LogP contribution in [0.15, 0.2) is 94.8 Å². The largest absolute Gasteiger partial charge is 0.444 e. The van der Waals surface area contributed by atoms with E-state index >= 15 is 0 Å². The van der Waals surface area contributed by atoms with Crippen LogP contribution in [0.25, 0.3) is 0 Å². The van der Waals surface area contributed by atoms with Gasteiger partial charge in [0.1, 0.15) is 24.8 Å². The Kier molecular flexibility index (Phi) is 9.16. The van der Waals surface area contributed by atoms with E-state index in [0.29, 0.717) is 6.42 Å². The van der Waals surface area contributed by atoms with Gasteiger partial charge in [0.25, 0.3) is 0 Å². The zero-order chi connectivity index (χ0) is 27.5. The van der Waals surface area contributed by atoms with Gasteiger partial charge in [-0.05, 0) is 29.7 Å². The van der Waals surface area contributed by atoms with Gasteiger partial charge in [-0.25, -0.2) is 19.2 Å². The summed E-state index contributed by atoms with van der Waals surface area (Å²) in [4.78, 5) is 56.3. The Morgan fingerprint density at radius 2 is 1.05 bits per heavy atom. The minimum absolute atomic E-state index is 0.0696. The Morgan fingerprint density at radius 1 is 0.641 bits per heavy atom. The van der Waals surface area contributed by atoms with Gasteiger partial charge in [-0.15, -0.1) is 0 Å². The van der Waals surface area contributed by atoms with Crippen molar-refractivity contribution in [3.05, 3.63) is 117 Å². The van der Waals surface area contributed by atoms with Crippen molar-refractivity contribution >= 4 is 23.8 Å². The molecule has 0 atom stereocenters. The van der Waals surface area contributed by atoms with Crippen LogP contribution in [0.5, 0.6) is 0 Å². The van der Waals surface area contributed by atoms with E-state index < -0.39 is 23.6 Å². The SMILES string of the molecule is O=C(Nc1ccn(CCCn2ccc(NC(=O)OCc3ccccc3)nc2=O)c(=O)n1)OCc1ccccc1. The van der Waals surface area contributed by atoms with Crippen LogP contribution in [0.3, 0.4) is 0 Å². The van der Waals surface area contributed by atoms with E-state index in [9.17, 15) is 19.2 Å². The molecule has 0 saturated carbocycles. The van der Waals surface area contributed by atoms with Crippen LogP contribution in [-0.4, -0.2) is 31.3 Å². The molecule has 4 aromatic rings. The maximum atomic E-state index is 12.3. The third-order valence-electron chi connectivity index (χ3n) is 5.43. The van der Waals surface area contributed by atoms with E-state index in [4.69, 9.17) is 9.47 Å². The number of aromatic nitrogens is 4. The molecular formula is C27H26N6O6. The summed E-state index contributed by atoms with van der Waals surface area (Å²) in [5, 5.41) is 4.85. The third kappa shape index (κ3) is 8.39. The van der Waals surface area contributed by atoms with Crippen molar-refractivity contribution in [3.8, 4) is 0 Å². The number of carbonyl (C=O) groups is 2. The Balaban J connectivity index is 1.22. The van der Waals surface area contributed by atoms with Crippen molar-refractivity contribution in [2.75, 3.05) is 10.6 Å². The second kappa shape index (κ2) is 13.3. The topological polar surface area (TPSA) is 146 Å². The van der Waals surface area contributed by atoms with Gasteiger partial charge >= 0.3 is 23.6 Å². The van der Waals surface area contributed by atoms with Gasteiger partial charge in [0.2, 0.25) is 0 Å². The molecule has 0 spiro atoms. The van der Waals surface area contributed by atoms with E-state index in [-0.39, 0.29) is 37.9 Å². The van der Waals surface area contributed by atoms with Crippen molar-refractivity contribution in [1.82, 2.24) is 19.1 Å². The number of hydrogen-bond donors (Lipinski definition) is 2. The molecule has 2 N–H and O–H groups in total. The van der Waals surface area contributed by atoms with Crippen molar-refractivity contribution in [1.29, 1.82) is 0 Å². The highest BCUT2D eigenvalue weighted by Crippen LogP contribution is 2.06. The van der Waals surface area contributed by atoms with Crippen molar-refractivity contribution < 1.29 is 19.1 Å². The van der Waals surface area contributed by atoms with Crippen molar-refractivity contribution in [2.45, 2.75) is 32.7 Å². The highest BCUT2D eigenvalue weighted by atomic mass is 16.6. The van der Waals surface area contributed by atoms with E-state index in [1.165, 1.54) is 33.7 Å². The fourth-order valence-corrected chi connectivity index (χ4v) is 3.48. The molecule has 0 fully saturated rings. The number of anilines is 2. The lowest BCUT2D eigenvalue weighted by Gasteiger charge is -2.10. The number of nitrogens with zero attached hydrogens (tertiary/aromatic N) is 4. The molecule has 0 aliphatic carbocycles. The molecule has 0 aliphatic heterocycles. The molecular weight excluding hydrogens is 504 g/mol. The number of aryl methyl sites for hydroxylation is 2. The number of benzene rings is 2. The van der Waals surface area contributed by atoms with Crippen LogP contribution in [0.4, 0.5) is 21.2 Å². The lowest BCUT2D eigenvalue weighted by atomic mass is 10.2. The van der Waals surface area contributed by atoms with Gasteiger partial charge in [-0.3, -0.25) is 19.8 Å². The first-order valence-electron chi connectivity index (χ1n) is 12.1. The molecule has 0 saturated heterocycles. The molecule has 39 heavy (non-hydrogen) atoms. The zero-order valence-electron chi connectivity index (χ0n) is 20.9. The molecule has 2 heterocycles. The van der Waals surface area contributed by atoms with Crippen LogP contribution in [-0.2, 0) is 35.8 Å². The molecule has 2 aromatic carbocycles. The monoisotopic (exact) mass is 530 g/mol. The maximum Gasteiger partial charge on any atom is 0.413 e. The van der Waals surface area contributed by atoms with Gasteiger partial charge in [-0.2, -0.15) is 9.97 Å². The summed E-state index contributed by atoms with van der Waals surface area (Å²) in [5.74, 6) is 0.139. The fourth-order valence-electron chi connectivity index (χ4n) is 3.48. The summed E-state index contributed by atoms with van der Waals surface area (Å²) in [6.45, 7) is 0.742. The van der Waals surface area contributed by atoms with Gasteiger partial charge in [0.05, 0.1) is 0 Å². The predicted octanol–water partition coefficient (Wildman–Crippen LogP) is 3.39. The fraction of sp³-hybridized carbons (Fsp3) is 0.185. The summed E-state index contributed by atoms with van der Waals surface area (Å²) < 4.78 is 13.0. The molecule has 2 amide bonds. The second-order valence-electron chi connectivity index (χ2n) is 8.30. The summed E-state index contributed by atoms with van der Waals surface area (Å²) in [6, 6.07) is 21.3. The van der Waals surface area contributed by atoms with Gasteiger partial charge in [-0.1, -0.05) is 60.7 Å². The van der Waals surface area contributed by atoms with E-state index in [1.807, 2.05) is 60.7 Å². The molecule has 0 unspecified atom stereocenters. The molecule has 12 heteroatoms. The standard InChI is InChI=1S/C27H26N6O6/c34-24-28-22(30-26(36)38-18-20-8-3-1-4-9-20)12-16-32(24)14-7-15-33-17-13-23(29-25(33)35)31-27(37)39-19-21-10-5-2-6-11-21/h1-6,8-13,16-17H,7,14-15,18-19H2,(H,28,30,34,36)(H,29,31,35,37). The van der Waals surface area contributed by atoms with E-state index in [2.05, 4.69) is 20.6 Å². The number of ether oxygens (including phenoxy) is 2. The highest BCUT2D eigenvalue weighted by Gasteiger charge is 2.09. The Hall–Kier alpha value is -5.26. The minimum Gasteiger partial charge on any atom is -0.444 e. The molecule has 0 aliphatic rings. The van der Waals surface area contributed by atoms with Crippen LogP contribution in [0.2, 0.25) is 0 Å². The first-order chi connectivity index (χ1) is 19.0. The smallest absolute Gasteiger partial charge is 0.413 e. The Morgan fingerprint density at radius 3 is 1.44 bits per heavy atom. The Labute approximate surface area is 222 Å². The lowest BCUT2D eigenvalue weighted by Crippen LogP contribution is -2.27. The second-order valence-corrected chi connectivity index (χ2v) is 8.30. The number of rotatable bonds is 10. The van der Waals surface area contributed by atoms with Crippen molar-refractivity contribution in [3.63, 3.8) is 0 Å². The molecule has 0 radical (unpaired) electrons. The molecule has 0 bridgehead atoms. The first-order valence-corrected chi connectivity index (χ1v) is 12.1. The van der Waals surface area contributed by atoms with Crippen LogP contribution >= 0.6 is 0 Å². The van der Waals surface area contributed by atoms with Crippen molar-refractivity contribution in [2.24, 2.45) is 0 Å². The van der Waals surface area contributed by atoms with Crippen LogP contribution in [0.1, 0.15) is 17.5 Å². The predicted molar refractivity (Wildman–Crippen MR) is 142 cm³/mol. The first kappa shape index (κ1) is 26.8. The minimum atomic E-state index is -0.724. The normalized spacial score (nSPS) is 10.5. The number of carbonyl (C=O) groups excluding carboxylic acids is 2. The van der Waals surface area contributed by atoms with Gasteiger partial charge in [0.15, 0.2) is 0 Å². The summed E-state index contributed by atoms with van der Waals surface area (Å²) in [6.07, 6.45) is 1.98. The van der Waals surface area contributed by atoms with Crippen LogP contribution in [0, 0.1) is 0 Å². The summed E-state index contributed by atoms with van der Waals surface area (Å²) in [5.41, 5.74) is 0.542. The zero-order valence-corrected chi connectivity index (χ0v) is 20.9. The number of hydrogen-bond acceptors (Lipinski definition) is 8. The summed E-state index contributed by atoms with van der Waals surface area (Å²) in [7, 11) is 0. The van der Waals surface area contributed by atoms with E-state index in [0.717, 1.165) is 11.1 Å². The van der Waals surface area contributed by atoms with Gasteiger partial charge < -0.3 is 9.47 Å². The third-order valence-corrected chi connectivity index (χ3v) is 5.43. The average Bonchev–Trinajstić information content (AvgIpc) is 2.94. The van der Waals surface area contributed by atoms with Crippen LogP contribution < -0.4 is 22.0 Å². The summed E-state index contributed by atoms with van der Waals surface area (Å²) >= 11 is 0. The number of nitrogens with one attached hydrogen (secondary N) is 2. The molecule has 2 aromatic heterocycles. The quantitative estimate of drug-likeness (QED) is 0.317. The Bertz CT molecular complexity index is 1410. The molecule has 12 nitrogen and oxygen atoms in total. The highest BCUT2D eigenvalue weighted by molar-refractivity contribution is 5.83. The molecule has 200 valence electrons. The maximum absolute atomic E-state index is 12.3. The van der Waals surface area contributed by atoms with E-state index in [1.54, 1.807) is 0 Å². The van der Waals surface area contributed by atoms with Gasteiger partial charge in [0, 0.05) is 25.5 Å².